The zero-order valence-electron chi connectivity index (χ0n) is 37.5. The Kier molecular flexibility index (Phi) is 17.5. The van der Waals surface area contributed by atoms with Crippen molar-refractivity contribution < 1.29 is 31.4 Å². The number of ketones is 1. The topological polar surface area (TPSA) is 63.1 Å². The number of aliphatic hydroxyl groups is 1. The van der Waals surface area contributed by atoms with Crippen LogP contribution in [0.25, 0.3) is 42.3 Å². The van der Waals surface area contributed by atoms with Gasteiger partial charge in [0.15, 0.2) is 5.78 Å². The minimum atomic E-state index is -1.78. The van der Waals surface area contributed by atoms with Gasteiger partial charge in [-0.15, -0.1) is 40.5 Å². The zero-order valence-corrected chi connectivity index (χ0v) is 40.7. The molecule has 5 rings (SSSR count). The Balaban J connectivity index is 0.000000464. The standard InChI is InChI=1S/C36H45N2SSi.C13H24O2.Ir/c1-22(2)18-40(19-23(3)4,20-24(5)6)32-15-14-30-34-36(39-35(30)26(32)9)33(37-21-38-34)28-16-27-12-10-11-13-29(27)31(17-28)25(7)8;1-5-10(6-2)12(14)9-13(15)11(7-3)8-4;/h10-15,17,21-25H,18-20H2,1-9H3;9-11,14H,5-8H2,1-4H3;/q-1;;/b;12-9-;/i21D;;. The number of thiophene rings is 1. The van der Waals surface area contributed by atoms with Gasteiger partial charge >= 0.3 is 0 Å². The Labute approximate surface area is 359 Å². The summed E-state index contributed by atoms with van der Waals surface area (Å²) < 4.78 is 11.0. The van der Waals surface area contributed by atoms with Gasteiger partial charge in [0.1, 0.15) is 7.67 Å². The van der Waals surface area contributed by atoms with Crippen molar-refractivity contribution in [1.29, 1.82) is 0 Å². The van der Waals surface area contributed by atoms with Crippen LogP contribution in [-0.4, -0.2) is 28.9 Å². The van der Waals surface area contributed by atoms with E-state index in [1.165, 1.54) is 45.4 Å². The quantitative estimate of drug-likeness (QED) is 0.0463. The van der Waals surface area contributed by atoms with Gasteiger partial charge < -0.3 is 5.11 Å². The van der Waals surface area contributed by atoms with Crippen LogP contribution in [0.2, 0.25) is 18.1 Å². The molecule has 0 unspecified atom stereocenters. The van der Waals surface area contributed by atoms with E-state index in [1.54, 1.807) is 5.19 Å². The van der Waals surface area contributed by atoms with Crippen molar-refractivity contribution in [1.82, 2.24) is 9.97 Å². The smallest absolute Gasteiger partial charge is 0.162 e. The number of aryl methyl sites for hydroxylation is 1. The van der Waals surface area contributed by atoms with Crippen LogP contribution in [0.15, 0.2) is 60.6 Å². The van der Waals surface area contributed by atoms with Crippen molar-refractivity contribution in [2.24, 2.45) is 29.6 Å². The number of nitrogens with zero attached hydrogens (tertiary/aromatic N) is 2. The minimum Gasteiger partial charge on any atom is -0.512 e. The van der Waals surface area contributed by atoms with Crippen LogP contribution < -0.4 is 5.19 Å². The van der Waals surface area contributed by atoms with Crippen molar-refractivity contribution in [3.05, 3.63) is 77.8 Å². The molecule has 4 nitrogen and oxygen atoms in total. The summed E-state index contributed by atoms with van der Waals surface area (Å²) in [5, 5.41) is 14.9. The Morgan fingerprint density at radius 1 is 0.821 bits per heavy atom. The summed E-state index contributed by atoms with van der Waals surface area (Å²) >= 11 is 1.82. The van der Waals surface area contributed by atoms with Crippen LogP contribution in [0.5, 0.6) is 0 Å². The molecule has 2 heterocycles. The number of hydrogen-bond acceptors (Lipinski definition) is 5. The number of carbonyl (C=O) groups is 1. The Hall–Kier alpha value is -2.70. The number of rotatable bonds is 16. The number of fused-ring (bicyclic) bond motifs is 4. The Bertz CT molecular complexity index is 2100. The second kappa shape index (κ2) is 21.3. The first-order valence-electron chi connectivity index (χ1n) is 21.6. The van der Waals surface area contributed by atoms with Gasteiger partial charge in [0.25, 0.3) is 0 Å². The molecule has 0 aliphatic heterocycles. The van der Waals surface area contributed by atoms with Gasteiger partial charge in [-0.2, -0.15) is 0 Å². The number of benzene rings is 3. The van der Waals surface area contributed by atoms with E-state index in [-0.39, 0.29) is 49.8 Å². The molecule has 2 aromatic heterocycles. The van der Waals surface area contributed by atoms with E-state index in [0.29, 0.717) is 23.7 Å². The van der Waals surface area contributed by atoms with Gasteiger partial charge in [-0.05, 0) is 61.8 Å². The van der Waals surface area contributed by atoms with E-state index in [9.17, 15) is 9.90 Å². The first-order valence-corrected chi connectivity index (χ1v) is 24.5. The van der Waals surface area contributed by atoms with Crippen LogP contribution in [0.1, 0.15) is 127 Å². The Morgan fingerprint density at radius 3 is 1.93 bits per heavy atom. The molecular weight excluding hydrogens is 901 g/mol. The van der Waals surface area contributed by atoms with E-state index in [4.69, 9.17) is 11.3 Å². The van der Waals surface area contributed by atoms with E-state index >= 15 is 0 Å². The predicted molar refractivity (Wildman–Crippen MR) is 244 cm³/mol. The number of aromatic nitrogens is 2. The second-order valence-corrected chi connectivity index (χ2v) is 22.8. The van der Waals surface area contributed by atoms with E-state index in [1.807, 2.05) is 39.0 Å². The van der Waals surface area contributed by atoms with Gasteiger partial charge in [0, 0.05) is 58.5 Å². The van der Waals surface area contributed by atoms with Crippen LogP contribution in [0.4, 0.5) is 0 Å². The maximum absolute atomic E-state index is 11.7. The molecule has 0 saturated carbocycles. The van der Waals surface area contributed by atoms with Crippen molar-refractivity contribution in [2.75, 3.05) is 0 Å². The van der Waals surface area contributed by atoms with Crippen molar-refractivity contribution in [2.45, 2.75) is 140 Å². The zero-order chi connectivity index (χ0) is 41.5. The molecule has 0 amide bonds. The molecule has 0 spiro atoms. The average molecular weight is 971 g/mol. The molecular formula is C49H69IrN2O2SSi-. The molecule has 307 valence electrons. The molecule has 1 N–H and O–H groups in total. The maximum atomic E-state index is 11.7. The van der Waals surface area contributed by atoms with Gasteiger partial charge in [-0.25, -0.2) is 4.98 Å². The maximum Gasteiger partial charge on any atom is 0.162 e. The normalized spacial score (nSPS) is 12.8. The molecule has 0 atom stereocenters. The fourth-order valence-electron chi connectivity index (χ4n) is 9.05. The summed E-state index contributed by atoms with van der Waals surface area (Å²) in [6.07, 6.45) is 4.98. The van der Waals surface area contributed by atoms with Crippen molar-refractivity contribution in [3.63, 3.8) is 0 Å². The van der Waals surface area contributed by atoms with Gasteiger partial charge in [-0.3, -0.25) is 9.78 Å². The molecule has 56 heavy (non-hydrogen) atoms. The third kappa shape index (κ3) is 11.1. The van der Waals surface area contributed by atoms with Crippen molar-refractivity contribution >= 4 is 61.5 Å². The second-order valence-electron chi connectivity index (χ2n) is 17.5. The summed E-state index contributed by atoms with van der Waals surface area (Å²) in [6.45, 7) is 29.3. The van der Waals surface area contributed by atoms with Gasteiger partial charge in [0.05, 0.1) is 19.3 Å². The fourth-order valence-corrected chi connectivity index (χ4v) is 17.6. The summed E-state index contributed by atoms with van der Waals surface area (Å²) in [5.74, 6) is 2.95. The number of aliphatic hydroxyl groups excluding tert-OH is 1. The van der Waals surface area contributed by atoms with Gasteiger partial charge in [0.2, 0.25) is 0 Å². The first-order chi connectivity index (χ1) is 26.5. The van der Waals surface area contributed by atoms with Crippen LogP contribution in [-0.2, 0) is 24.9 Å². The van der Waals surface area contributed by atoms with Crippen molar-refractivity contribution in [3.8, 4) is 11.3 Å². The minimum absolute atomic E-state index is 0. The number of hydrogen-bond donors (Lipinski definition) is 1. The van der Waals surface area contributed by atoms with E-state index < -0.39 is 8.07 Å². The number of carbonyl (C=O) groups excluding carboxylic acids is 1. The summed E-state index contributed by atoms with van der Waals surface area (Å²) in [5.41, 5.74) is 5.43. The third-order valence-corrected chi connectivity index (χ3v) is 19.2. The monoisotopic (exact) mass is 971 g/mol. The summed E-state index contributed by atoms with van der Waals surface area (Å²) in [6, 6.07) is 23.1. The summed E-state index contributed by atoms with van der Waals surface area (Å²) in [7, 11) is -1.78. The molecule has 0 aliphatic carbocycles. The third-order valence-electron chi connectivity index (χ3n) is 11.4. The first kappa shape index (κ1) is 46.0. The predicted octanol–water partition coefficient (Wildman–Crippen LogP) is 14.4. The Morgan fingerprint density at radius 2 is 1.39 bits per heavy atom. The molecule has 1 radical (unpaired) electrons. The molecule has 0 fully saturated rings. The van der Waals surface area contributed by atoms with Crippen LogP contribution >= 0.6 is 11.3 Å². The molecule has 3 aromatic carbocycles. The average Bonchev–Trinajstić information content (AvgIpc) is 3.50. The SMILES string of the molecule is CCC(CC)C(=O)/C=C(\O)C(CC)CC.[2H]c1nc(-c2[c-]c3ccccc3c(C(C)C)c2)c2sc3c(C)c([Si](CC(C)C)(CC(C)C)CC(C)C)ccc3c2n1.[Ir]. The van der Waals surface area contributed by atoms with Gasteiger partial charge in [-0.1, -0.05) is 148 Å². The van der Waals surface area contributed by atoms with Crippen LogP contribution in [0.3, 0.4) is 0 Å². The number of allylic oxidation sites excluding steroid dienone is 2. The molecule has 5 aromatic rings. The molecule has 7 heteroatoms. The van der Waals surface area contributed by atoms with E-state index in [2.05, 4.69) is 111 Å². The largest absolute Gasteiger partial charge is 0.512 e. The summed E-state index contributed by atoms with van der Waals surface area (Å²) in [4.78, 5) is 21.2. The molecule has 0 bridgehead atoms. The van der Waals surface area contributed by atoms with Crippen LogP contribution in [0, 0.1) is 42.6 Å². The van der Waals surface area contributed by atoms with E-state index in [0.717, 1.165) is 57.9 Å². The fraction of sp³-hybridized carbons (Fsp3) is 0.531. The molecule has 0 saturated heterocycles. The molecule has 0 aliphatic rings.